The average Bonchev–Trinajstić information content (AvgIpc) is 2.37. The molecule has 5 nitrogen and oxygen atoms in total. The lowest BCUT2D eigenvalue weighted by atomic mass is 9.87. The molecule has 1 saturated heterocycles. The Hall–Kier alpha value is -0.650. The molecule has 0 atom stereocenters. The predicted molar refractivity (Wildman–Crippen MR) is 75.1 cm³/mol. The van der Waals surface area contributed by atoms with Crippen molar-refractivity contribution in [1.82, 2.24) is 5.32 Å². The summed E-state index contributed by atoms with van der Waals surface area (Å²) in [5.41, 5.74) is -0.563. The molecule has 0 amide bonds. The van der Waals surface area contributed by atoms with E-state index in [1.54, 1.807) is 0 Å². The van der Waals surface area contributed by atoms with Gasteiger partial charge >= 0.3 is 5.97 Å². The number of rotatable bonds is 8. The highest BCUT2D eigenvalue weighted by atomic mass is 16.6. The first-order chi connectivity index (χ1) is 9.10. The maximum atomic E-state index is 11.5. The fourth-order valence-electron chi connectivity index (χ4n) is 1.63. The van der Waals surface area contributed by atoms with Gasteiger partial charge in [0.2, 0.25) is 0 Å². The van der Waals surface area contributed by atoms with Gasteiger partial charge in [-0.15, -0.1) is 0 Å². The van der Waals surface area contributed by atoms with Gasteiger partial charge in [-0.25, -0.2) is 0 Å². The van der Waals surface area contributed by atoms with Crippen LogP contribution in [0.5, 0.6) is 0 Å². The smallest absolute Gasteiger partial charge is 0.318 e. The lowest BCUT2D eigenvalue weighted by Gasteiger charge is -2.37. The molecule has 0 aliphatic carbocycles. The third kappa shape index (κ3) is 6.36. The van der Waals surface area contributed by atoms with Crippen LogP contribution in [-0.4, -0.2) is 52.6 Å². The number of ether oxygens (including phenoxy) is 3. The summed E-state index contributed by atoms with van der Waals surface area (Å²) in [4.78, 5) is 11.5. The minimum absolute atomic E-state index is 0.237. The molecule has 1 fully saturated rings. The molecule has 1 aliphatic rings. The Kier molecular flexibility index (Phi) is 9.83. The van der Waals surface area contributed by atoms with Gasteiger partial charge in [-0.1, -0.05) is 27.7 Å². The van der Waals surface area contributed by atoms with Crippen molar-refractivity contribution in [2.45, 2.75) is 27.7 Å². The lowest BCUT2D eigenvalue weighted by Crippen LogP contribution is -2.53. The molecule has 114 valence electrons. The second kappa shape index (κ2) is 10.2. The summed E-state index contributed by atoms with van der Waals surface area (Å²) in [6.45, 7) is 11.9. The zero-order valence-electron chi connectivity index (χ0n) is 13.0. The quantitative estimate of drug-likeness (QED) is 0.537. The van der Waals surface area contributed by atoms with Gasteiger partial charge in [0.25, 0.3) is 0 Å². The van der Waals surface area contributed by atoms with Crippen molar-refractivity contribution < 1.29 is 19.0 Å². The molecule has 19 heavy (non-hydrogen) atoms. The molecule has 5 heteroatoms. The second-order valence-electron chi connectivity index (χ2n) is 4.92. The molecule has 0 unspecified atom stereocenters. The molecule has 0 radical (unpaired) electrons. The summed E-state index contributed by atoms with van der Waals surface area (Å²) in [5.74, 6) is 0.398. The Balaban J connectivity index is 0.00000154. The molecule has 0 bridgehead atoms. The average molecular weight is 275 g/mol. The fourth-order valence-corrected chi connectivity index (χ4v) is 1.63. The summed E-state index contributed by atoms with van der Waals surface area (Å²) in [7, 11) is 1.40. The molecule has 0 saturated carbocycles. The highest BCUT2D eigenvalue weighted by molar-refractivity contribution is 5.78. The van der Waals surface area contributed by atoms with Gasteiger partial charge in [0.15, 0.2) is 0 Å². The molecule has 1 rings (SSSR count). The highest BCUT2D eigenvalue weighted by Gasteiger charge is 2.47. The predicted octanol–water partition coefficient (Wildman–Crippen LogP) is 1.46. The fraction of sp³-hybridized carbons (Fsp3) is 0.929. The molecule has 0 aromatic heterocycles. The van der Waals surface area contributed by atoms with Crippen LogP contribution in [0, 0.1) is 11.3 Å². The largest absolute Gasteiger partial charge is 0.468 e. The van der Waals surface area contributed by atoms with Gasteiger partial charge in [0.05, 0.1) is 33.5 Å². The number of hydrogen-bond donors (Lipinski definition) is 1. The number of esters is 1. The Morgan fingerprint density at radius 2 is 2.00 bits per heavy atom. The Morgan fingerprint density at radius 3 is 2.42 bits per heavy atom. The number of carbonyl (C=O) groups excluding carboxylic acids is 1. The normalized spacial score (nSPS) is 16.3. The summed E-state index contributed by atoms with van der Waals surface area (Å²) >= 11 is 0. The van der Waals surface area contributed by atoms with E-state index in [-0.39, 0.29) is 5.97 Å². The van der Waals surface area contributed by atoms with E-state index in [4.69, 9.17) is 14.2 Å². The summed E-state index contributed by atoms with van der Waals surface area (Å²) in [5, 5.41) is 3.28. The third-order valence-electron chi connectivity index (χ3n) is 2.73. The van der Waals surface area contributed by atoms with E-state index >= 15 is 0 Å². The molecule has 0 aromatic rings. The first kappa shape index (κ1) is 18.4. The van der Waals surface area contributed by atoms with Crippen molar-refractivity contribution in [2.24, 2.45) is 11.3 Å². The van der Waals surface area contributed by atoms with Crippen LogP contribution < -0.4 is 5.32 Å². The van der Waals surface area contributed by atoms with Crippen molar-refractivity contribution >= 4 is 5.97 Å². The van der Waals surface area contributed by atoms with Gasteiger partial charge in [0, 0.05) is 6.54 Å². The van der Waals surface area contributed by atoms with Crippen LogP contribution >= 0.6 is 0 Å². The summed E-state index contributed by atoms with van der Waals surface area (Å²) < 4.78 is 15.3. The monoisotopic (exact) mass is 275 g/mol. The summed E-state index contributed by atoms with van der Waals surface area (Å²) in [6, 6.07) is 0. The van der Waals surface area contributed by atoms with Gasteiger partial charge < -0.3 is 19.5 Å². The van der Waals surface area contributed by atoms with Crippen LogP contribution in [-0.2, 0) is 19.0 Å². The Labute approximate surface area is 117 Å². The van der Waals surface area contributed by atoms with Crippen molar-refractivity contribution in [3.63, 3.8) is 0 Å². The highest BCUT2D eigenvalue weighted by Crippen LogP contribution is 2.29. The van der Waals surface area contributed by atoms with Crippen LogP contribution in [0.1, 0.15) is 27.7 Å². The molecule has 0 spiro atoms. The number of carbonyl (C=O) groups is 1. The van der Waals surface area contributed by atoms with Crippen molar-refractivity contribution in [3.8, 4) is 0 Å². The molecule has 0 aromatic carbocycles. The lowest BCUT2D eigenvalue weighted by molar-refractivity contribution is -0.194. The maximum absolute atomic E-state index is 11.5. The zero-order chi connectivity index (χ0) is 14.7. The van der Waals surface area contributed by atoms with Crippen molar-refractivity contribution in [1.29, 1.82) is 0 Å². The first-order valence-electron chi connectivity index (χ1n) is 7.05. The number of methoxy groups -OCH3 is 1. The number of nitrogens with one attached hydrogen (secondary N) is 1. The van der Waals surface area contributed by atoms with Gasteiger partial charge in [0.1, 0.15) is 5.41 Å². The van der Waals surface area contributed by atoms with E-state index in [1.807, 2.05) is 13.8 Å². The van der Waals surface area contributed by atoms with E-state index in [0.717, 1.165) is 13.1 Å². The third-order valence-corrected chi connectivity index (χ3v) is 2.73. The van der Waals surface area contributed by atoms with Crippen molar-refractivity contribution in [3.05, 3.63) is 0 Å². The summed E-state index contributed by atoms with van der Waals surface area (Å²) in [6.07, 6.45) is 0. The second-order valence-corrected chi connectivity index (χ2v) is 4.92. The van der Waals surface area contributed by atoms with Crippen LogP contribution in [0.2, 0.25) is 0 Å². The van der Waals surface area contributed by atoms with Gasteiger partial charge in [-0.05, 0) is 12.5 Å². The maximum Gasteiger partial charge on any atom is 0.318 e. The molecule has 1 heterocycles. The van der Waals surface area contributed by atoms with E-state index in [0.29, 0.717) is 32.3 Å². The van der Waals surface area contributed by atoms with Crippen LogP contribution in [0.25, 0.3) is 0 Å². The van der Waals surface area contributed by atoms with E-state index in [9.17, 15) is 4.79 Å². The standard InChI is InChI=1S/C12H23NO4.C2H6/c1-10(2)6-13-4-5-16-7-12(8-17-9-12)11(14)15-3;1-2/h10,13H,4-9H2,1-3H3;1-2H3. The molecular formula is C14H29NO4. The minimum Gasteiger partial charge on any atom is -0.468 e. The molecule has 1 aliphatic heterocycles. The van der Waals surface area contributed by atoms with Gasteiger partial charge in [-0.2, -0.15) is 0 Å². The zero-order valence-corrected chi connectivity index (χ0v) is 13.0. The van der Waals surface area contributed by atoms with Crippen LogP contribution in [0.4, 0.5) is 0 Å². The van der Waals surface area contributed by atoms with E-state index < -0.39 is 5.41 Å². The minimum atomic E-state index is -0.563. The number of hydrogen-bond acceptors (Lipinski definition) is 5. The van der Waals surface area contributed by atoms with E-state index in [1.165, 1.54) is 7.11 Å². The van der Waals surface area contributed by atoms with Crippen LogP contribution in [0.15, 0.2) is 0 Å². The van der Waals surface area contributed by atoms with Crippen LogP contribution in [0.3, 0.4) is 0 Å². The molecule has 1 N–H and O–H groups in total. The topological polar surface area (TPSA) is 56.8 Å². The van der Waals surface area contributed by atoms with Crippen molar-refractivity contribution in [2.75, 3.05) is 46.6 Å². The first-order valence-corrected chi connectivity index (χ1v) is 7.05. The van der Waals surface area contributed by atoms with E-state index in [2.05, 4.69) is 19.2 Å². The van der Waals surface area contributed by atoms with Gasteiger partial charge in [-0.3, -0.25) is 4.79 Å². The Morgan fingerprint density at radius 1 is 1.37 bits per heavy atom. The molecular weight excluding hydrogens is 246 g/mol. The Bertz CT molecular complexity index is 240. The SMILES string of the molecule is CC.COC(=O)C1(COCCNCC(C)C)COC1.